The van der Waals surface area contributed by atoms with Gasteiger partial charge in [0.25, 0.3) is 5.91 Å². The number of fused-ring (bicyclic) bond motifs is 2. The molecule has 0 aliphatic carbocycles. The lowest BCUT2D eigenvalue weighted by atomic mass is 10.1. The Balaban J connectivity index is 1.74. The molecule has 1 N–H and O–H groups in total. The number of anilines is 1. The zero-order chi connectivity index (χ0) is 19.0. The van der Waals surface area contributed by atoms with Crippen LogP contribution in [0.2, 0.25) is 0 Å². The van der Waals surface area contributed by atoms with Gasteiger partial charge in [-0.15, -0.1) is 0 Å². The third-order valence-corrected chi connectivity index (χ3v) is 4.65. The summed E-state index contributed by atoms with van der Waals surface area (Å²) in [7, 11) is 1.62. The Morgan fingerprint density at radius 1 is 1.11 bits per heavy atom. The molecule has 136 valence electrons. The Morgan fingerprint density at radius 2 is 1.93 bits per heavy atom. The monoisotopic (exact) mass is 360 g/mol. The minimum absolute atomic E-state index is 0.227. The molecule has 0 aliphatic rings. The van der Waals surface area contributed by atoms with Gasteiger partial charge in [0.1, 0.15) is 5.75 Å². The molecule has 1 amide bonds. The Labute approximate surface area is 156 Å². The maximum Gasteiger partial charge on any atom is 0.259 e. The molecule has 4 aromatic rings. The summed E-state index contributed by atoms with van der Waals surface area (Å²) < 4.78 is 7.26. The predicted molar refractivity (Wildman–Crippen MR) is 106 cm³/mol. The van der Waals surface area contributed by atoms with Gasteiger partial charge in [-0.3, -0.25) is 15.1 Å². The fraction of sp³-hybridized carbons (Fsp3) is 0.190. The second-order valence-electron chi connectivity index (χ2n) is 6.30. The maximum atomic E-state index is 12.9. The molecule has 0 atom stereocenters. The summed E-state index contributed by atoms with van der Waals surface area (Å²) in [4.78, 5) is 22.1. The molecule has 27 heavy (non-hydrogen) atoms. The normalized spacial score (nSPS) is 11.1. The van der Waals surface area contributed by atoms with Crippen molar-refractivity contribution in [1.29, 1.82) is 0 Å². The number of rotatable bonds is 4. The molecule has 2 aromatic heterocycles. The number of ether oxygens (including phenoxy) is 1. The fourth-order valence-corrected chi connectivity index (χ4v) is 3.27. The summed E-state index contributed by atoms with van der Waals surface area (Å²) in [5, 5.41) is 3.80. The first-order chi connectivity index (χ1) is 13.1. The summed E-state index contributed by atoms with van der Waals surface area (Å²) in [6, 6.07) is 15.3. The standard InChI is InChI=1S/C21H20N4O2/c1-4-25-19-8-6-5-7-18(19)23-21(25)24-20(26)16-12-14-11-15(27-3)9-10-17(14)22-13(16)2/h5-12H,4H2,1-3H3,(H,23,24,26). The van der Waals surface area contributed by atoms with Crippen molar-refractivity contribution in [3.05, 3.63) is 59.8 Å². The highest BCUT2D eigenvalue weighted by atomic mass is 16.5. The van der Waals surface area contributed by atoms with Crippen molar-refractivity contribution < 1.29 is 9.53 Å². The topological polar surface area (TPSA) is 69.0 Å². The number of imidazole rings is 1. The molecule has 2 heterocycles. The van der Waals surface area contributed by atoms with Crippen LogP contribution >= 0.6 is 0 Å². The number of para-hydroxylation sites is 2. The third-order valence-electron chi connectivity index (χ3n) is 4.65. The van der Waals surface area contributed by atoms with Crippen LogP contribution in [0.3, 0.4) is 0 Å². The Morgan fingerprint density at radius 3 is 2.70 bits per heavy atom. The molecule has 6 nitrogen and oxygen atoms in total. The van der Waals surface area contributed by atoms with Crippen LogP contribution in [0.25, 0.3) is 21.9 Å². The van der Waals surface area contributed by atoms with Crippen LogP contribution in [0.4, 0.5) is 5.95 Å². The van der Waals surface area contributed by atoms with Crippen molar-refractivity contribution >= 4 is 33.8 Å². The molecule has 0 aliphatic heterocycles. The number of methoxy groups -OCH3 is 1. The molecular formula is C21H20N4O2. The van der Waals surface area contributed by atoms with E-state index in [1.807, 2.05) is 66.9 Å². The van der Waals surface area contributed by atoms with E-state index in [1.54, 1.807) is 7.11 Å². The lowest BCUT2D eigenvalue weighted by molar-refractivity contribution is 0.102. The van der Waals surface area contributed by atoms with E-state index in [0.29, 0.717) is 23.8 Å². The minimum atomic E-state index is -0.227. The van der Waals surface area contributed by atoms with Gasteiger partial charge in [0.15, 0.2) is 0 Å². The second kappa shape index (κ2) is 6.72. The Bertz CT molecular complexity index is 1160. The number of aryl methyl sites for hydroxylation is 2. The summed E-state index contributed by atoms with van der Waals surface area (Å²) >= 11 is 0. The van der Waals surface area contributed by atoms with Crippen LogP contribution in [0.5, 0.6) is 5.75 Å². The molecule has 2 aromatic carbocycles. The van der Waals surface area contributed by atoms with Crippen LogP contribution in [-0.2, 0) is 6.54 Å². The van der Waals surface area contributed by atoms with Crippen LogP contribution < -0.4 is 10.1 Å². The number of amides is 1. The zero-order valence-corrected chi connectivity index (χ0v) is 15.5. The van der Waals surface area contributed by atoms with Gasteiger partial charge in [-0.1, -0.05) is 12.1 Å². The van der Waals surface area contributed by atoms with E-state index in [2.05, 4.69) is 15.3 Å². The second-order valence-corrected chi connectivity index (χ2v) is 6.30. The van der Waals surface area contributed by atoms with Crippen molar-refractivity contribution in [2.45, 2.75) is 20.4 Å². The van der Waals surface area contributed by atoms with Crippen molar-refractivity contribution in [2.24, 2.45) is 0 Å². The van der Waals surface area contributed by atoms with E-state index in [0.717, 1.165) is 27.7 Å². The van der Waals surface area contributed by atoms with E-state index in [4.69, 9.17) is 4.74 Å². The van der Waals surface area contributed by atoms with Gasteiger partial charge >= 0.3 is 0 Å². The maximum absolute atomic E-state index is 12.9. The van der Waals surface area contributed by atoms with E-state index in [-0.39, 0.29) is 5.91 Å². The zero-order valence-electron chi connectivity index (χ0n) is 15.5. The molecule has 0 bridgehead atoms. The Hall–Kier alpha value is -3.41. The lowest BCUT2D eigenvalue weighted by Crippen LogP contribution is -2.17. The molecular weight excluding hydrogens is 340 g/mol. The SMILES string of the molecule is CCn1c(NC(=O)c2cc3cc(OC)ccc3nc2C)nc2ccccc21. The van der Waals surface area contributed by atoms with Crippen molar-refractivity contribution in [3.8, 4) is 5.75 Å². The molecule has 0 spiro atoms. The van der Waals surface area contributed by atoms with Gasteiger partial charge in [-0.05, 0) is 50.2 Å². The number of aromatic nitrogens is 3. The van der Waals surface area contributed by atoms with E-state index >= 15 is 0 Å². The van der Waals surface area contributed by atoms with Gasteiger partial charge in [0, 0.05) is 11.9 Å². The first kappa shape index (κ1) is 17.0. The Kier molecular flexibility index (Phi) is 4.24. The van der Waals surface area contributed by atoms with Crippen molar-refractivity contribution in [2.75, 3.05) is 12.4 Å². The van der Waals surface area contributed by atoms with Gasteiger partial charge < -0.3 is 9.30 Å². The number of pyridine rings is 1. The van der Waals surface area contributed by atoms with Crippen molar-refractivity contribution in [1.82, 2.24) is 14.5 Å². The molecule has 0 radical (unpaired) electrons. The van der Waals surface area contributed by atoms with Gasteiger partial charge in [-0.2, -0.15) is 0 Å². The number of hydrogen-bond acceptors (Lipinski definition) is 4. The van der Waals surface area contributed by atoms with E-state index < -0.39 is 0 Å². The molecule has 0 saturated carbocycles. The highest BCUT2D eigenvalue weighted by Crippen LogP contribution is 2.24. The molecule has 0 fully saturated rings. The average molecular weight is 360 g/mol. The van der Waals surface area contributed by atoms with Crippen LogP contribution in [0, 0.1) is 6.92 Å². The fourth-order valence-electron chi connectivity index (χ4n) is 3.27. The smallest absolute Gasteiger partial charge is 0.259 e. The highest BCUT2D eigenvalue weighted by Gasteiger charge is 2.16. The van der Waals surface area contributed by atoms with Crippen molar-refractivity contribution in [3.63, 3.8) is 0 Å². The first-order valence-electron chi connectivity index (χ1n) is 8.82. The lowest BCUT2D eigenvalue weighted by Gasteiger charge is -2.10. The quantitative estimate of drug-likeness (QED) is 0.593. The number of benzene rings is 2. The largest absolute Gasteiger partial charge is 0.497 e. The molecule has 6 heteroatoms. The molecule has 4 rings (SSSR count). The summed E-state index contributed by atoms with van der Waals surface area (Å²) in [6.45, 7) is 4.57. The minimum Gasteiger partial charge on any atom is -0.497 e. The van der Waals surface area contributed by atoms with Crippen LogP contribution in [-0.4, -0.2) is 27.6 Å². The van der Waals surface area contributed by atoms with Crippen LogP contribution in [0.15, 0.2) is 48.5 Å². The van der Waals surface area contributed by atoms with Gasteiger partial charge in [0.2, 0.25) is 5.95 Å². The van der Waals surface area contributed by atoms with Gasteiger partial charge in [-0.25, -0.2) is 4.98 Å². The predicted octanol–water partition coefficient (Wildman–Crippen LogP) is 4.17. The number of hydrogen-bond donors (Lipinski definition) is 1. The number of carbonyl (C=O) groups excluding carboxylic acids is 1. The third kappa shape index (κ3) is 2.99. The van der Waals surface area contributed by atoms with E-state index in [1.165, 1.54) is 0 Å². The van der Waals surface area contributed by atoms with E-state index in [9.17, 15) is 4.79 Å². The number of nitrogens with zero attached hydrogens (tertiary/aromatic N) is 3. The summed E-state index contributed by atoms with van der Waals surface area (Å²) in [5.74, 6) is 1.04. The molecule has 0 unspecified atom stereocenters. The number of carbonyl (C=O) groups is 1. The summed E-state index contributed by atoms with van der Waals surface area (Å²) in [5.41, 5.74) is 3.86. The summed E-state index contributed by atoms with van der Waals surface area (Å²) in [6.07, 6.45) is 0. The van der Waals surface area contributed by atoms with Gasteiger partial charge in [0.05, 0.1) is 34.9 Å². The average Bonchev–Trinajstić information content (AvgIpc) is 3.03. The molecule has 0 saturated heterocycles. The first-order valence-corrected chi connectivity index (χ1v) is 8.82. The number of nitrogens with one attached hydrogen (secondary N) is 1. The highest BCUT2D eigenvalue weighted by molar-refractivity contribution is 6.06. The van der Waals surface area contributed by atoms with Crippen LogP contribution in [0.1, 0.15) is 23.0 Å².